The number of amides is 2. The van der Waals surface area contributed by atoms with E-state index in [0.717, 1.165) is 23.1 Å². The minimum Gasteiger partial charge on any atom is -0.484 e. The lowest BCUT2D eigenvalue weighted by Crippen LogP contribution is -2.53. The molecule has 0 aliphatic carbocycles. The number of halogens is 2. The van der Waals surface area contributed by atoms with Crippen molar-refractivity contribution in [2.45, 2.75) is 59.2 Å². The summed E-state index contributed by atoms with van der Waals surface area (Å²) in [5.41, 5.74) is 3.86. The molecule has 0 radical (unpaired) electrons. The minimum atomic E-state index is -0.765. The van der Waals surface area contributed by atoms with E-state index in [1.54, 1.807) is 23.1 Å². The Balaban J connectivity index is 1.94. The van der Waals surface area contributed by atoms with Crippen LogP contribution in [0.1, 0.15) is 42.5 Å². The lowest BCUT2D eigenvalue weighted by atomic mass is 10.0. The summed E-state index contributed by atoms with van der Waals surface area (Å²) in [7, 11) is 0. The molecular weight excluding hydrogens is 507 g/mol. The normalized spacial score (nSPS) is 12.5. The van der Waals surface area contributed by atoms with Crippen molar-refractivity contribution in [2.75, 3.05) is 6.61 Å². The number of carbonyl (C=O) groups is 2. The Kier molecular flexibility index (Phi) is 10.4. The SMILES string of the molecule is CC[C@H](C)NC(=O)[C@@H](Cc1ccccc1)N(Cc1ccc(Cl)cc1Cl)C(=O)COc1ccc(C)c(C)c1. The molecule has 3 rings (SSSR count). The molecule has 5 nitrogen and oxygen atoms in total. The highest BCUT2D eigenvalue weighted by molar-refractivity contribution is 6.35. The van der Waals surface area contributed by atoms with Crippen LogP contribution in [0.3, 0.4) is 0 Å². The van der Waals surface area contributed by atoms with E-state index in [1.807, 2.05) is 76.2 Å². The van der Waals surface area contributed by atoms with Crippen molar-refractivity contribution < 1.29 is 14.3 Å². The highest BCUT2D eigenvalue weighted by atomic mass is 35.5. The van der Waals surface area contributed by atoms with Crippen LogP contribution in [0.25, 0.3) is 0 Å². The topological polar surface area (TPSA) is 58.6 Å². The van der Waals surface area contributed by atoms with E-state index in [9.17, 15) is 9.59 Å². The first kappa shape index (κ1) is 28.5. The van der Waals surface area contributed by atoms with Crippen LogP contribution in [-0.4, -0.2) is 35.4 Å². The van der Waals surface area contributed by atoms with E-state index in [0.29, 0.717) is 27.8 Å². The maximum absolute atomic E-state index is 13.7. The van der Waals surface area contributed by atoms with Gasteiger partial charge in [0.25, 0.3) is 5.91 Å². The second-order valence-electron chi connectivity index (χ2n) is 9.32. The molecule has 0 fully saturated rings. The first-order valence-corrected chi connectivity index (χ1v) is 13.2. The fraction of sp³-hybridized carbons (Fsp3) is 0.333. The molecule has 0 saturated carbocycles. The van der Waals surface area contributed by atoms with Crippen LogP contribution in [0.5, 0.6) is 5.75 Å². The lowest BCUT2D eigenvalue weighted by Gasteiger charge is -2.32. The Labute approximate surface area is 229 Å². The molecule has 37 heavy (non-hydrogen) atoms. The molecule has 0 spiro atoms. The summed E-state index contributed by atoms with van der Waals surface area (Å²) in [5.74, 6) is 0.0666. The summed E-state index contributed by atoms with van der Waals surface area (Å²) in [6.07, 6.45) is 1.13. The molecule has 0 aliphatic rings. The van der Waals surface area contributed by atoms with Gasteiger partial charge in [0.2, 0.25) is 5.91 Å². The number of hydrogen-bond acceptors (Lipinski definition) is 3. The summed E-state index contributed by atoms with van der Waals surface area (Å²) in [6, 6.07) is 19.7. The molecule has 3 aromatic carbocycles. The highest BCUT2D eigenvalue weighted by Crippen LogP contribution is 2.24. The molecule has 0 saturated heterocycles. The summed E-state index contributed by atoms with van der Waals surface area (Å²) in [4.78, 5) is 28.8. The van der Waals surface area contributed by atoms with E-state index in [1.165, 1.54) is 0 Å². The van der Waals surface area contributed by atoms with Gasteiger partial charge < -0.3 is 15.0 Å². The Hall–Kier alpha value is -3.02. The van der Waals surface area contributed by atoms with E-state index < -0.39 is 6.04 Å². The number of nitrogens with zero attached hydrogens (tertiary/aromatic N) is 1. The number of carbonyl (C=O) groups excluding carboxylic acids is 2. The molecule has 196 valence electrons. The molecule has 0 aliphatic heterocycles. The number of rotatable bonds is 11. The fourth-order valence-electron chi connectivity index (χ4n) is 3.86. The van der Waals surface area contributed by atoms with Gasteiger partial charge in [-0.25, -0.2) is 0 Å². The average molecular weight is 542 g/mol. The van der Waals surface area contributed by atoms with Crippen molar-refractivity contribution >= 4 is 35.0 Å². The van der Waals surface area contributed by atoms with Gasteiger partial charge >= 0.3 is 0 Å². The van der Waals surface area contributed by atoms with Crippen LogP contribution >= 0.6 is 23.2 Å². The number of aryl methyl sites for hydroxylation is 2. The van der Waals surface area contributed by atoms with E-state index in [-0.39, 0.29) is 31.0 Å². The number of ether oxygens (including phenoxy) is 1. The van der Waals surface area contributed by atoms with Crippen LogP contribution in [0, 0.1) is 13.8 Å². The third-order valence-corrected chi connectivity index (χ3v) is 7.06. The molecule has 0 heterocycles. The maximum Gasteiger partial charge on any atom is 0.261 e. The van der Waals surface area contributed by atoms with E-state index in [4.69, 9.17) is 27.9 Å². The molecule has 2 atom stereocenters. The molecule has 1 N–H and O–H groups in total. The van der Waals surface area contributed by atoms with Gasteiger partial charge in [-0.3, -0.25) is 9.59 Å². The van der Waals surface area contributed by atoms with Gasteiger partial charge in [-0.2, -0.15) is 0 Å². The van der Waals surface area contributed by atoms with Crippen molar-refractivity contribution in [1.82, 2.24) is 10.2 Å². The van der Waals surface area contributed by atoms with E-state index in [2.05, 4.69) is 5.32 Å². The minimum absolute atomic E-state index is 0.0337. The van der Waals surface area contributed by atoms with Gasteiger partial charge in [0.05, 0.1) is 0 Å². The largest absolute Gasteiger partial charge is 0.484 e. The zero-order chi connectivity index (χ0) is 26.9. The maximum atomic E-state index is 13.7. The number of benzene rings is 3. The van der Waals surface area contributed by atoms with Gasteiger partial charge in [-0.05, 0) is 73.7 Å². The zero-order valence-corrected chi connectivity index (χ0v) is 23.3. The van der Waals surface area contributed by atoms with Crippen LogP contribution in [0.15, 0.2) is 66.7 Å². The molecule has 0 aromatic heterocycles. The van der Waals surface area contributed by atoms with Crippen LogP contribution in [0.4, 0.5) is 0 Å². The third kappa shape index (κ3) is 8.24. The van der Waals surface area contributed by atoms with Crippen LogP contribution in [0.2, 0.25) is 10.0 Å². The summed E-state index contributed by atoms with van der Waals surface area (Å²) in [5, 5.41) is 3.99. The zero-order valence-electron chi connectivity index (χ0n) is 21.8. The molecule has 2 amide bonds. The van der Waals surface area contributed by atoms with Crippen molar-refractivity contribution in [3.63, 3.8) is 0 Å². The van der Waals surface area contributed by atoms with Crippen molar-refractivity contribution in [3.05, 3.63) is 99.0 Å². The fourth-order valence-corrected chi connectivity index (χ4v) is 4.33. The van der Waals surface area contributed by atoms with E-state index >= 15 is 0 Å². The highest BCUT2D eigenvalue weighted by Gasteiger charge is 2.31. The second kappa shape index (κ2) is 13.5. The Morgan fingerprint density at radius 3 is 2.35 bits per heavy atom. The predicted molar refractivity (Wildman–Crippen MR) is 150 cm³/mol. The first-order valence-electron chi connectivity index (χ1n) is 12.5. The van der Waals surface area contributed by atoms with Gasteiger partial charge in [0.1, 0.15) is 11.8 Å². The monoisotopic (exact) mass is 540 g/mol. The lowest BCUT2D eigenvalue weighted by molar-refractivity contribution is -0.143. The van der Waals surface area contributed by atoms with Crippen molar-refractivity contribution in [2.24, 2.45) is 0 Å². The standard InChI is InChI=1S/C30H34Cl2N2O3/c1-5-22(4)33-30(36)28(16-23-9-7-6-8-10-23)34(18-24-12-13-25(31)17-27(24)32)29(35)19-37-26-14-11-20(2)21(3)15-26/h6-15,17,22,28H,5,16,18-19H2,1-4H3,(H,33,36)/t22-,28+/m0/s1. The van der Waals surface area contributed by atoms with Gasteiger partial charge in [-0.15, -0.1) is 0 Å². The summed E-state index contributed by atoms with van der Waals surface area (Å²) in [6.45, 7) is 7.89. The number of hydrogen-bond donors (Lipinski definition) is 1. The molecule has 3 aromatic rings. The predicted octanol–water partition coefficient (Wildman–Crippen LogP) is 6.54. The molecule has 7 heteroatoms. The van der Waals surface area contributed by atoms with Gasteiger partial charge in [0.15, 0.2) is 6.61 Å². The average Bonchev–Trinajstić information content (AvgIpc) is 2.88. The van der Waals surface area contributed by atoms with Gasteiger partial charge in [0, 0.05) is 29.1 Å². The van der Waals surface area contributed by atoms with Crippen molar-refractivity contribution in [1.29, 1.82) is 0 Å². The smallest absolute Gasteiger partial charge is 0.261 e. The molecular formula is C30H34Cl2N2O3. The Morgan fingerprint density at radius 2 is 1.70 bits per heavy atom. The quantitative estimate of drug-likeness (QED) is 0.300. The summed E-state index contributed by atoms with van der Waals surface area (Å²) >= 11 is 12.6. The Bertz CT molecular complexity index is 1220. The third-order valence-electron chi connectivity index (χ3n) is 6.47. The molecule has 0 unspecified atom stereocenters. The van der Waals surface area contributed by atoms with Crippen molar-refractivity contribution in [3.8, 4) is 5.75 Å². The molecule has 0 bridgehead atoms. The van der Waals surface area contributed by atoms with Crippen LogP contribution < -0.4 is 10.1 Å². The number of nitrogens with one attached hydrogen (secondary N) is 1. The summed E-state index contributed by atoms with van der Waals surface area (Å²) < 4.78 is 5.88. The first-order chi connectivity index (χ1) is 17.7. The Morgan fingerprint density at radius 1 is 0.973 bits per heavy atom. The second-order valence-corrected chi connectivity index (χ2v) is 10.2. The van der Waals surface area contributed by atoms with Gasteiger partial charge in [-0.1, -0.05) is 72.6 Å². The van der Waals surface area contributed by atoms with Crippen LogP contribution in [-0.2, 0) is 22.6 Å².